The molecule has 0 saturated carbocycles. The largest absolute Gasteiger partial charge is 0.478 e. The Bertz CT molecular complexity index is 450. The number of allylic oxidation sites excluding steroid dienone is 1. The summed E-state index contributed by atoms with van der Waals surface area (Å²) in [6.07, 6.45) is 16.7. The number of carboxylic acid groups (broad SMARTS) is 1. The molecular formula is C22H34O2. The van der Waals surface area contributed by atoms with Crippen molar-refractivity contribution in [2.24, 2.45) is 5.92 Å². The zero-order chi connectivity index (χ0) is 17.5. The summed E-state index contributed by atoms with van der Waals surface area (Å²) in [4.78, 5) is 10.5. The fraction of sp³-hybridized carbons (Fsp3) is 0.591. The van der Waals surface area contributed by atoms with Crippen LogP contribution in [0.4, 0.5) is 0 Å². The smallest absolute Gasteiger partial charge is 0.327 e. The summed E-state index contributed by atoms with van der Waals surface area (Å²) in [5.41, 5.74) is 1.43. The van der Waals surface area contributed by atoms with Crippen LogP contribution in [0.15, 0.2) is 42.5 Å². The molecule has 0 radical (unpaired) electrons. The van der Waals surface area contributed by atoms with Gasteiger partial charge in [0.05, 0.1) is 0 Å². The molecule has 2 nitrogen and oxygen atoms in total. The Morgan fingerprint density at radius 1 is 1.00 bits per heavy atom. The summed E-state index contributed by atoms with van der Waals surface area (Å²) < 4.78 is 0. The third-order valence-electron chi connectivity index (χ3n) is 4.58. The van der Waals surface area contributed by atoms with E-state index in [1.54, 1.807) is 6.08 Å². The monoisotopic (exact) mass is 330 g/mol. The zero-order valence-corrected chi connectivity index (χ0v) is 15.3. The maximum atomic E-state index is 10.5. The number of unbranched alkanes of at least 4 members (excludes halogenated alkanes) is 6. The number of aliphatic carboxylic acids is 1. The van der Waals surface area contributed by atoms with Crippen LogP contribution in [0.3, 0.4) is 0 Å². The highest BCUT2D eigenvalue weighted by atomic mass is 16.4. The van der Waals surface area contributed by atoms with E-state index in [9.17, 15) is 4.79 Å². The molecule has 1 rings (SSSR count). The van der Waals surface area contributed by atoms with Crippen molar-refractivity contribution in [3.05, 3.63) is 48.0 Å². The van der Waals surface area contributed by atoms with Crippen LogP contribution in [-0.2, 0) is 11.2 Å². The molecule has 0 aliphatic heterocycles. The molecule has 0 heterocycles. The highest BCUT2D eigenvalue weighted by molar-refractivity contribution is 5.79. The topological polar surface area (TPSA) is 37.3 Å². The lowest BCUT2D eigenvalue weighted by atomic mass is 9.89. The van der Waals surface area contributed by atoms with Gasteiger partial charge in [-0.1, -0.05) is 88.3 Å². The van der Waals surface area contributed by atoms with E-state index in [-0.39, 0.29) is 0 Å². The minimum absolute atomic E-state index is 0.719. The SMILES string of the molecule is CCCCCCCC[C@H](CCCC=CC(=O)O)Cc1ccccc1. The minimum atomic E-state index is -0.845. The average molecular weight is 331 g/mol. The lowest BCUT2D eigenvalue weighted by Crippen LogP contribution is -2.05. The van der Waals surface area contributed by atoms with Gasteiger partial charge in [-0.15, -0.1) is 0 Å². The zero-order valence-electron chi connectivity index (χ0n) is 15.3. The molecule has 1 atom stereocenters. The Morgan fingerprint density at radius 3 is 2.38 bits per heavy atom. The number of rotatable bonds is 14. The molecular weight excluding hydrogens is 296 g/mol. The molecule has 0 unspecified atom stereocenters. The quantitative estimate of drug-likeness (QED) is 0.316. The molecule has 0 aliphatic carbocycles. The molecule has 1 aromatic rings. The van der Waals surface area contributed by atoms with Crippen LogP contribution in [0.25, 0.3) is 0 Å². The van der Waals surface area contributed by atoms with E-state index in [0.717, 1.165) is 25.2 Å². The van der Waals surface area contributed by atoms with Crippen LogP contribution in [0.2, 0.25) is 0 Å². The lowest BCUT2D eigenvalue weighted by Gasteiger charge is -2.17. The van der Waals surface area contributed by atoms with Crippen molar-refractivity contribution in [1.82, 2.24) is 0 Å². The number of carbonyl (C=O) groups is 1. The van der Waals surface area contributed by atoms with Crippen LogP contribution in [0.5, 0.6) is 0 Å². The Balaban J connectivity index is 2.33. The van der Waals surface area contributed by atoms with Gasteiger partial charge in [0.2, 0.25) is 0 Å². The molecule has 0 spiro atoms. The number of benzene rings is 1. The fourth-order valence-corrected chi connectivity index (χ4v) is 3.22. The second kappa shape index (κ2) is 13.8. The Hall–Kier alpha value is -1.57. The van der Waals surface area contributed by atoms with Crippen LogP contribution in [-0.4, -0.2) is 11.1 Å². The molecule has 0 fully saturated rings. The van der Waals surface area contributed by atoms with Gasteiger partial charge < -0.3 is 5.11 Å². The van der Waals surface area contributed by atoms with Crippen molar-refractivity contribution in [1.29, 1.82) is 0 Å². The van der Waals surface area contributed by atoms with Crippen molar-refractivity contribution in [2.45, 2.75) is 77.6 Å². The molecule has 0 aliphatic rings. The van der Waals surface area contributed by atoms with Gasteiger partial charge in [0.15, 0.2) is 0 Å². The summed E-state index contributed by atoms with van der Waals surface area (Å²) in [7, 11) is 0. The first-order valence-electron chi connectivity index (χ1n) is 9.65. The third kappa shape index (κ3) is 11.0. The van der Waals surface area contributed by atoms with Gasteiger partial charge in [0, 0.05) is 6.08 Å². The van der Waals surface area contributed by atoms with Crippen molar-refractivity contribution >= 4 is 5.97 Å². The molecule has 0 bridgehead atoms. The molecule has 1 aromatic carbocycles. The van der Waals surface area contributed by atoms with Gasteiger partial charge in [-0.05, 0) is 37.2 Å². The first kappa shape index (κ1) is 20.5. The van der Waals surface area contributed by atoms with Crippen LogP contribution in [0, 0.1) is 5.92 Å². The summed E-state index contributed by atoms with van der Waals surface area (Å²) in [6.45, 7) is 2.26. The van der Waals surface area contributed by atoms with E-state index in [2.05, 4.69) is 37.3 Å². The molecule has 0 saturated heterocycles. The molecule has 134 valence electrons. The van der Waals surface area contributed by atoms with Crippen LogP contribution < -0.4 is 0 Å². The van der Waals surface area contributed by atoms with Gasteiger partial charge in [-0.25, -0.2) is 4.79 Å². The lowest BCUT2D eigenvalue weighted by molar-refractivity contribution is -0.131. The van der Waals surface area contributed by atoms with Crippen molar-refractivity contribution in [3.8, 4) is 0 Å². The van der Waals surface area contributed by atoms with E-state index in [4.69, 9.17) is 5.11 Å². The Labute approximate surface area is 148 Å². The number of carboxylic acids is 1. The van der Waals surface area contributed by atoms with E-state index in [1.807, 2.05) is 0 Å². The summed E-state index contributed by atoms with van der Waals surface area (Å²) in [6, 6.07) is 10.7. The molecule has 1 N–H and O–H groups in total. The maximum absolute atomic E-state index is 10.5. The Morgan fingerprint density at radius 2 is 1.67 bits per heavy atom. The Kier molecular flexibility index (Phi) is 11.8. The first-order chi connectivity index (χ1) is 11.7. The maximum Gasteiger partial charge on any atom is 0.327 e. The summed E-state index contributed by atoms with van der Waals surface area (Å²) in [5, 5.41) is 8.63. The van der Waals surface area contributed by atoms with Crippen molar-refractivity contribution < 1.29 is 9.90 Å². The number of hydrogen-bond donors (Lipinski definition) is 1. The van der Waals surface area contributed by atoms with Crippen LogP contribution in [0.1, 0.15) is 76.7 Å². The van der Waals surface area contributed by atoms with Crippen molar-refractivity contribution in [2.75, 3.05) is 0 Å². The third-order valence-corrected chi connectivity index (χ3v) is 4.58. The molecule has 0 amide bonds. The predicted molar refractivity (Wildman–Crippen MR) is 102 cm³/mol. The van der Waals surface area contributed by atoms with Gasteiger partial charge in [-0.3, -0.25) is 0 Å². The standard InChI is InChI=1S/C22H34O2/c1-2-3-4-5-6-9-14-20(17-12-8-13-18-22(23)24)19-21-15-10-7-11-16-21/h7,10-11,13,15-16,18,20H,2-6,8-9,12,14,17,19H2,1H3,(H,23,24)/t20-/m1/s1. The first-order valence-corrected chi connectivity index (χ1v) is 9.65. The molecule has 24 heavy (non-hydrogen) atoms. The van der Waals surface area contributed by atoms with Gasteiger partial charge in [0.1, 0.15) is 0 Å². The van der Waals surface area contributed by atoms with E-state index < -0.39 is 5.97 Å². The number of hydrogen-bond acceptors (Lipinski definition) is 1. The van der Waals surface area contributed by atoms with Gasteiger partial charge in [-0.2, -0.15) is 0 Å². The fourth-order valence-electron chi connectivity index (χ4n) is 3.22. The van der Waals surface area contributed by atoms with E-state index in [1.165, 1.54) is 63.0 Å². The average Bonchev–Trinajstić information content (AvgIpc) is 2.58. The summed E-state index contributed by atoms with van der Waals surface area (Å²) >= 11 is 0. The second-order valence-electron chi connectivity index (χ2n) is 6.78. The van der Waals surface area contributed by atoms with Gasteiger partial charge in [0.25, 0.3) is 0 Å². The highest BCUT2D eigenvalue weighted by Crippen LogP contribution is 2.22. The molecule has 2 heteroatoms. The predicted octanol–water partition coefficient (Wildman–Crippen LogP) is 6.41. The minimum Gasteiger partial charge on any atom is -0.478 e. The van der Waals surface area contributed by atoms with Gasteiger partial charge >= 0.3 is 5.97 Å². The van der Waals surface area contributed by atoms with Crippen LogP contribution >= 0.6 is 0 Å². The molecule has 0 aromatic heterocycles. The van der Waals surface area contributed by atoms with Crippen molar-refractivity contribution in [3.63, 3.8) is 0 Å². The van der Waals surface area contributed by atoms with E-state index in [0.29, 0.717) is 0 Å². The van der Waals surface area contributed by atoms with E-state index >= 15 is 0 Å². The normalized spacial score (nSPS) is 12.5. The second-order valence-corrected chi connectivity index (χ2v) is 6.78. The summed E-state index contributed by atoms with van der Waals surface area (Å²) in [5.74, 6) is -0.125. The highest BCUT2D eigenvalue weighted by Gasteiger charge is 2.09.